The maximum Gasteiger partial charge on any atom is 0.323 e. The highest BCUT2D eigenvalue weighted by Gasteiger charge is 2.24. The Morgan fingerprint density at radius 3 is 2.48 bits per heavy atom. The number of carboxylic acid groups (broad SMARTS) is 1. The lowest BCUT2D eigenvalue weighted by Crippen LogP contribution is -2.42. The highest BCUT2D eigenvalue weighted by molar-refractivity contribution is 5.99. The number of ether oxygens (including phenoxy) is 2. The first-order chi connectivity index (χ1) is 10.1. The first kappa shape index (κ1) is 17.1. The van der Waals surface area contributed by atoms with Crippen molar-refractivity contribution in [2.75, 3.05) is 31.3 Å². The van der Waals surface area contributed by atoms with E-state index in [1.165, 1.54) is 4.90 Å². The number of hydrogen-bond acceptors (Lipinski definition) is 4. The number of para-hydroxylation sites is 1. The number of anilines is 1. The van der Waals surface area contributed by atoms with Crippen LogP contribution in [0.4, 0.5) is 5.69 Å². The van der Waals surface area contributed by atoms with Gasteiger partial charge in [-0.05, 0) is 26.0 Å². The van der Waals surface area contributed by atoms with Crippen LogP contribution < -0.4 is 4.90 Å². The fourth-order valence-electron chi connectivity index (χ4n) is 1.76. The van der Waals surface area contributed by atoms with E-state index in [2.05, 4.69) is 0 Å². The quantitative estimate of drug-likeness (QED) is 0.699. The molecule has 1 atom stereocenters. The molecule has 0 radical (unpaired) electrons. The Labute approximate surface area is 124 Å². The lowest BCUT2D eigenvalue weighted by Gasteiger charge is -2.24. The smallest absolute Gasteiger partial charge is 0.323 e. The van der Waals surface area contributed by atoms with E-state index in [4.69, 9.17) is 14.6 Å². The van der Waals surface area contributed by atoms with Crippen molar-refractivity contribution in [1.29, 1.82) is 0 Å². The Hall–Kier alpha value is -1.92. The minimum atomic E-state index is -1.08. The molecule has 1 N–H and O–H groups in total. The van der Waals surface area contributed by atoms with E-state index < -0.39 is 18.6 Å². The molecule has 116 valence electrons. The van der Waals surface area contributed by atoms with Crippen molar-refractivity contribution in [3.8, 4) is 0 Å². The van der Waals surface area contributed by atoms with E-state index in [0.29, 0.717) is 18.9 Å². The van der Waals surface area contributed by atoms with Gasteiger partial charge in [-0.15, -0.1) is 0 Å². The highest BCUT2D eigenvalue weighted by Crippen LogP contribution is 2.15. The molecule has 1 aromatic rings. The van der Waals surface area contributed by atoms with Gasteiger partial charge in [0, 0.05) is 12.3 Å². The molecule has 0 heterocycles. The lowest BCUT2D eigenvalue weighted by molar-refractivity contribution is -0.138. The standard InChI is InChI=1S/C15H21NO5/c1-3-20-9-10-21-12(2)15(19)16(11-14(17)18)13-7-5-4-6-8-13/h4-8,12H,3,9-11H2,1-2H3,(H,17,18). The normalized spacial score (nSPS) is 11.9. The minimum absolute atomic E-state index is 0.288. The molecule has 1 aromatic carbocycles. The number of amides is 1. The summed E-state index contributed by atoms with van der Waals surface area (Å²) in [5.74, 6) is -1.46. The maximum atomic E-state index is 12.3. The number of carbonyl (C=O) groups is 2. The molecule has 1 unspecified atom stereocenters. The molecule has 0 saturated carbocycles. The highest BCUT2D eigenvalue weighted by atomic mass is 16.5. The minimum Gasteiger partial charge on any atom is -0.480 e. The second kappa shape index (κ2) is 9.10. The van der Waals surface area contributed by atoms with Crippen LogP contribution in [0.25, 0.3) is 0 Å². The number of aliphatic carboxylic acids is 1. The van der Waals surface area contributed by atoms with E-state index in [0.717, 1.165) is 0 Å². The second-order valence-corrected chi connectivity index (χ2v) is 4.36. The van der Waals surface area contributed by atoms with Crippen LogP contribution in [0.5, 0.6) is 0 Å². The molecule has 0 aliphatic rings. The number of carboxylic acids is 1. The van der Waals surface area contributed by atoms with Crippen molar-refractivity contribution in [3.63, 3.8) is 0 Å². The molecule has 1 amide bonds. The zero-order valence-corrected chi connectivity index (χ0v) is 12.3. The zero-order valence-electron chi connectivity index (χ0n) is 12.3. The number of nitrogens with zero attached hydrogens (tertiary/aromatic N) is 1. The molecular formula is C15H21NO5. The average Bonchev–Trinajstić information content (AvgIpc) is 2.49. The van der Waals surface area contributed by atoms with Crippen LogP contribution >= 0.6 is 0 Å². The Morgan fingerprint density at radius 2 is 1.90 bits per heavy atom. The largest absolute Gasteiger partial charge is 0.480 e. The average molecular weight is 295 g/mol. The summed E-state index contributed by atoms with van der Waals surface area (Å²) >= 11 is 0. The monoisotopic (exact) mass is 295 g/mol. The third kappa shape index (κ3) is 5.93. The van der Waals surface area contributed by atoms with Gasteiger partial charge in [0.15, 0.2) is 0 Å². The van der Waals surface area contributed by atoms with Gasteiger partial charge < -0.3 is 14.6 Å². The van der Waals surface area contributed by atoms with Gasteiger partial charge in [0.25, 0.3) is 5.91 Å². The van der Waals surface area contributed by atoms with Crippen molar-refractivity contribution in [3.05, 3.63) is 30.3 Å². The van der Waals surface area contributed by atoms with E-state index in [-0.39, 0.29) is 12.5 Å². The van der Waals surface area contributed by atoms with Crippen LogP contribution in [-0.4, -0.2) is 49.5 Å². The van der Waals surface area contributed by atoms with Gasteiger partial charge in [0.05, 0.1) is 13.2 Å². The molecule has 0 bridgehead atoms. The Bertz CT molecular complexity index is 449. The van der Waals surface area contributed by atoms with Gasteiger partial charge in [-0.3, -0.25) is 14.5 Å². The molecule has 0 fully saturated rings. The summed E-state index contributed by atoms with van der Waals surface area (Å²) in [7, 11) is 0. The van der Waals surface area contributed by atoms with Gasteiger partial charge in [0.1, 0.15) is 12.6 Å². The van der Waals surface area contributed by atoms with Crippen molar-refractivity contribution in [1.82, 2.24) is 0 Å². The summed E-state index contributed by atoms with van der Waals surface area (Å²) in [6.07, 6.45) is -0.731. The second-order valence-electron chi connectivity index (χ2n) is 4.36. The molecule has 0 aromatic heterocycles. The van der Waals surface area contributed by atoms with E-state index in [9.17, 15) is 9.59 Å². The number of rotatable bonds is 9. The lowest BCUT2D eigenvalue weighted by atomic mass is 10.2. The Balaban J connectivity index is 2.69. The van der Waals surface area contributed by atoms with Crippen LogP contribution in [0.1, 0.15) is 13.8 Å². The predicted octanol–water partition coefficient (Wildman–Crippen LogP) is 1.55. The summed E-state index contributed by atoms with van der Waals surface area (Å²) in [5.41, 5.74) is 0.533. The van der Waals surface area contributed by atoms with E-state index in [1.54, 1.807) is 37.3 Å². The molecule has 1 rings (SSSR count). The molecule has 0 aliphatic carbocycles. The van der Waals surface area contributed by atoms with Gasteiger partial charge in [0.2, 0.25) is 0 Å². The van der Waals surface area contributed by atoms with Crippen LogP contribution in [0, 0.1) is 0 Å². The molecule has 6 nitrogen and oxygen atoms in total. The molecular weight excluding hydrogens is 274 g/mol. The number of benzene rings is 1. The van der Waals surface area contributed by atoms with Crippen molar-refractivity contribution in [2.45, 2.75) is 20.0 Å². The summed E-state index contributed by atoms with van der Waals surface area (Å²) < 4.78 is 10.5. The number of hydrogen-bond donors (Lipinski definition) is 1. The molecule has 6 heteroatoms. The van der Waals surface area contributed by atoms with Crippen molar-refractivity contribution < 1.29 is 24.2 Å². The molecule has 0 aliphatic heterocycles. The molecule has 0 spiro atoms. The SMILES string of the molecule is CCOCCOC(C)C(=O)N(CC(=O)O)c1ccccc1. The summed E-state index contributed by atoms with van der Waals surface area (Å²) in [4.78, 5) is 24.5. The van der Waals surface area contributed by atoms with Gasteiger partial charge >= 0.3 is 5.97 Å². The first-order valence-electron chi connectivity index (χ1n) is 6.83. The van der Waals surface area contributed by atoms with Gasteiger partial charge in [-0.25, -0.2) is 0 Å². The van der Waals surface area contributed by atoms with Crippen LogP contribution in [0.3, 0.4) is 0 Å². The van der Waals surface area contributed by atoms with Gasteiger partial charge in [-0.1, -0.05) is 18.2 Å². The van der Waals surface area contributed by atoms with E-state index in [1.807, 2.05) is 6.92 Å². The summed E-state index contributed by atoms with van der Waals surface area (Å²) in [6, 6.07) is 8.67. The van der Waals surface area contributed by atoms with Crippen LogP contribution in [-0.2, 0) is 19.1 Å². The first-order valence-corrected chi connectivity index (χ1v) is 6.83. The predicted molar refractivity (Wildman–Crippen MR) is 78.3 cm³/mol. The Kier molecular flexibility index (Phi) is 7.42. The van der Waals surface area contributed by atoms with Gasteiger partial charge in [-0.2, -0.15) is 0 Å². The third-order valence-electron chi connectivity index (χ3n) is 2.77. The fourth-order valence-corrected chi connectivity index (χ4v) is 1.76. The number of carbonyl (C=O) groups excluding carboxylic acids is 1. The van der Waals surface area contributed by atoms with Crippen LogP contribution in [0.15, 0.2) is 30.3 Å². The summed E-state index contributed by atoms with van der Waals surface area (Å²) in [6.45, 7) is 4.35. The third-order valence-corrected chi connectivity index (χ3v) is 2.77. The van der Waals surface area contributed by atoms with Crippen molar-refractivity contribution >= 4 is 17.6 Å². The molecule has 0 saturated heterocycles. The fraction of sp³-hybridized carbons (Fsp3) is 0.467. The topological polar surface area (TPSA) is 76.1 Å². The van der Waals surface area contributed by atoms with Crippen molar-refractivity contribution in [2.24, 2.45) is 0 Å². The maximum absolute atomic E-state index is 12.3. The van der Waals surface area contributed by atoms with Crippen LogP contribution in [0.2, 0.25) is 0 Å². The van der Waals surface area contributed by atoms with E-state index >= 15 is 0 Å². The summed E-state index contributed by atoms with van der Waals surface area (Å²) in [5, 5.41) is 8.97. The Morgan fingerprint density at radius 1 is 1.24 bits per heavy atom. The molecule has 21 heavy (non-hydrogen) atoms. The zero-order chi connectivity index (χ0) is 15.7.